The molecule has 0 unspecified atom stereocenters. The molecule has 0 saturated heterocycles. The second kappa shape index (κ2) is 6.25. The first kappa shape index (κ1) is 14.1. The van der Waals surface area contributed by atoms with E-state index in [-0.39, 0.29) is 17.3 Å². The molecule has 0 spiro atoms. The minimum absolute atomic E-state index is 0.0659. The summed E-state index contributed by atoms with van der Waals surface area (Å²) in [7, 11) is 0. The van der Waals surface area contributed by atoms with Crippen molar-refractivity contribution in [1.82, 2.24) is 0 Å². The number of benzene rings is 2. The zero-order valence-corrected chi connectivity index (χ0v) is 11.2. The highest BCUT2D eigenvalue weighted by Crippen LogP contribution is 2.24. The number of amides is 1. The van der Waals surface area contributed by atoms with Gasteiger partial charge in [-0.05, 0) is 24.3 Å². The van der Waals surface area contributed by atoms with Gasteiger partial charge in [-0.2, -0.15) is 0 Å². The second-order valence-corrected chi connectivity index (χ2v) is 4.38. The van der Waals surface area contributed by atoms with Gasteiger partial charge in [0.2, 0.25) is 0 Å². The number of nitrogens with two attached hydrogens (primary N) is 1. The van der Waals surface area contributed by atoms with Crippen molar-refractivity contribution < 1.29 is 13.9 Å². The van der Waals surface area contributed by atoms with Crippen LogP contribution >= 0.6 is 11.6 Å². The van der Waals surface area contributed by atoms with Gasteiger partial charge in [0.05, 0.1) is 16.4 Å². The Morgan fingerprint density at radius 1 is 1.25 bits per heavy atom. The quantitative estimate of drug-likeness (QED) is 0.852. The fraction of sp³-hybridized carbons (Fsp3) is 0.0714. The highest BCUT2D eigenvalue weighted by atomic mass is 35.5. The van der Waals surface area contributed by atoms with Gasteiger partial charge in [0.1, 0.15) is 11.6 Å². The number of anilines is 2. The van der Waals surface area contributed by atoms with Crippen molar-refractivity contribution in [2.75, 3.05) is 17.7 Å². The summed E-state index contributed by atoms with van der Waals surface area (Å²) in [6.07, 6.45) is 0. The van der Waals surface area contributed by atoms with Gasteiger partial charge in [0.25, 0.3) is 5.91 Å². The molecule has 1 amide bonds. The lowest BCUT2D eigenvalue weighted by Crippen LogP contribution is -2.21. The molecule has 2 aromatic rings. The van der Waals surface area contributed by atoms with Crippen LogP contribution in [0, 0.1) is 5.82 Å². The highest BCUT2D eigenvalue weighted by Gasteiger charge is 2.11. The minimum atomic E-state index is -0.606. The topological polar surface area (TPSA) is 64.3 Å². The normalized spacial score (nSPS) is 10.1. The van der Waals surface area contributed by atoms with E-state index in [0.29, 0.717) is 11.4 Å². The fourth-order valence-electron chi connectivity index (χ4n) is 1.55. The molecule has 0 bridgehead atoms. The summed E-state index contributed by atoms with van der Waals surface area (Å²) < 4.78 is 18.7. The summed E-state index contributed by atoms with van der Waals surface area (Å²) in [4.78, 5) is 11.7. The molecule has 2 aromatic carbocycles. The number of carbonyl (C=O) groups excluding carboxylic acids is 1. The Morgan fingerprint density at radius 3 is 2.70 bits per heavy atom. The smallest absolute Gasteiger partial charge is 0.262 e. The second-order valence-electron chi connectivity index (χ2n) is 3.97. The largest absolute Gasteiger partial charge is 0.482 e. The Bertz CT molecular complexity index is 614. The van der Waals surface area contributed by atoms with Crippen LogP contribution in [0.5, 0.6) is 5.75 Å². The lowest BCUT2D eigenvalue weighted by Gasteiger charge is -2.10. The predicted octanol–water partition coefficient (Wildman–Crippen LogP) is 3.08. The van der Waals surface area contributed by atoms with Crippen molar-refractivity contribution in [2.24, 2.45) is 0 Å². The fourth-order valence-corrected chi connectivity index (χ4v) is 1.76. The van der Waals surface area contributed by atoms with Crippen LogP contribution in [0.4, 0.5) is 15.8 Å². The Morgan fingerprint density at radius 2 is 2.00 bits per heavy atom. The molecule has 0 aliphatic carbocycles. The van der Waals surface area contributed by atoms with Gasteiger partial charge in [0.15, 0.2) is 6.61 Å². The van der Waals surface area contributed by atoms with Crippen LogP contribution in [0.2, 0.25) is 5.02 Å². The van der Waals surface area contributed by atoms with Crippen LogP contribution in [0.15, 0.2) is 42.5 Å². The van der Waals surface area contributed by atoms with E-state index in [1.165, 1.54) is 18.2 Å². The lowest BCUT2D eigenvalue weighted by atomic mass is 10.3. The summed E-state index contributed by atoms with van der Waals surface area (Å²) in [6, 6.07) is 10.9. The van der Waals surface area contributed by atoms with Gasteiger partial charge < -0.3 is 15.8 Å². The first-order valence-corrected chi connectivity index (χ1v) is 6.17. The molecule has 0 radical (unpaired) electrons. The third-order valence-electron chi connectivity index (χ3n) is 2.50. The number of para-hydroxylation sites is 3. The van der Waals surface area contributed by atoms with Crippen molar-refractivity contribution in [2.45, 2.75) is 0 Å². The third kappa shape index (κ3) is 3.39. The molecular formula is C14H12ClFN2O2. The Kier molecular flexibility index (Phi) is 4.42. The molecule has 0 aromatic heterocycles. The third-order valence-corrected chi connectivity index (χ3v) is 2.82. The SMILES string of the molecule is Nc1ccccc1OCC(=O)Nc1c(F)cccc1Cl. The molecule has 0 fully saturated rings. The standard InChI is InChI=1S/C14H12ClFN2O2/c15-9-4-3-5-10(16)14(9)18-13(19)8-20-12-7-2-1-6-11(12)17/h1-7H,8,17H2,(H,18,19). The monoisotopic (exact) mass is 294 g/mol. The molecule has 2 rings (SSSR count). The predicted molar refractivity (Wildman–Crippen MR) is 76.4 cm³/mol. The van der Waals surface area contributed by atoms with E-state index >= 15 is 0 Å². The number of rotatable bonds is 4. The molecule has 0 saturated carbocycles. The summed E-state index contributed by atoms with van der Waals surface area (Å²) >= 11 is 5.80. The first-order valence-electron chi connectivity index (χ1n) is 5.79. The Balaban J connectivity index is 1.98. The van der Waals surface area contributed by atoms with Crippen LogP contribution in [-0.4, -0.2) is 12.5 Å². The molecule has 104 valence electrons. The van der Waals surface area contributed by atoms with Crippen molar-refractivity contribution in [3.63, 3.8) is 0 Å². The molecule has 0 aliphatic rings. The van der Waals surface area contributed by atoms with Crippen molar-refractivity contribution in [3.8, 4) is 5.75 Å². The van der Waals surface area contributed by atoms with Crippen LogP contribution in [-0.2, 0) is 4.79 Å². The zero-order valence-electron chi connectivity index (χ0n) is 10.4. The van der Waals surface area contributed by atoms with E-state index < -0.39 is 11.7 Å². The van der Waals surface area contributed by atoms with Gasteiger partial charge in [-0.1, -0.05) is 29.8 Å². The maximum absolute atomic E-state index is 13.5. The van der Waals surface area contributed by atoms with E-state index in [1.807, 2.05) is 0 Å². The number of halogens is 2. The number of ether oxygens (including phenoxy) is 1. The molecule has 4 nitrogen and oxygen atoms in total. The zero-order chi connectivity index (χ0) is 14.5. The molecule has 6 heteroatoms. The van der Waals surface area contributed by atoms with Crippen molar-refractivity contribution in [1.29, 1.82) is 0 Å². The molecule has 20 heavy (non-hydrogen) atoms. The summed E-state index contributed by atoms with van der Waals surface area (Å²) in [6.45, 7) is -0.293. The maximum atomic E-state index is 13.5. The van der Waals surface area contributed by atoms with Crippen LogP contribution < -0.4 is 15.8 Å². The molecule has 3 N–H and O–H groups in total. The summed E-state index contributed by atoms with van der Waals surface area (Å²) in [5.41, 5.74) is 6.02. The lowest BCUT2D eigenvalue weighted by molar-refractivity contribution is -0.118. The molecular weight excluding hydrogens is 283 g/mol. The van der Waals surface area contributed by atoms with Gasteiger partial charge in [-0.3, -0.25) is 4.79 Å². The first-order chi connectivity index (χ1) is 9.58. The summed E-state index contributed by atoms with van der Waals surface area (Å²) in [5.74, 6) is -0.743. The van der Waals surface area contributed by atoms with Crippen LogP contribution in [0.3, 0.4) is 0 Å². The highest BCUT2D eigenvalue weighted by molar-refractivity contribution is 6.33. The Hall–Kier alpha value is -2.27. The average Bonchev–Trinajstić information content (AvgIpc) is 2.42. The number of hydrogen-bond acceptors (Lipinski definition) is 3. The van der Waals surface area contributed by atoms with Gasteiger partial charge in [-0.25, -0.2) is 4.39 Å². The summed E-state index contributed by atoms with van der Waals surface area (Å²) in [5, 5.41) is 2.48. The maximum Gasteiger partial charge on any atom is 0.262 e. The molecule has 0 heterocycles. The van der Waals surface area contributed by atoms with E-state index in [1.54, 1.807) is 24.3 Å². The van der Waals surface area contributed by atoms with E-state index in [9.17, 15) is 9.18 Å². The van der Waals surface area contributed by atoms with Crippen molar-refractivity contribution in [3.05, 3.63) is 53.3 Å². The molecule has 0 aliphatic heterocycles. The number of hydrogen-bond donors (Lipinski definition) is 2. The minimum Gasteiger partial charge on any atom is -0.482 e. The van der Waals surface area contributed by atoms with E-state index in [0.717, 1.165) is 0 Å². The number of nitrogen functional groups attached to an aromatic ring is 1. The number of carbonyl (C=O) groups is 1. The van der Waals surface area contributed by atoms with Gasteiger partial charge in [-0.15, -0.1) is 0 Å². The average molecular weight is 295 g/mol. The molecule has 0 atom stereocenters. The van der Waals surface area contributed by atoms with Crippen LogP contribution in [0.1, 0.15) is 0 Å². The number of nitrogens with one attached hydrogen (secondary N) is 1. The van der Waals surface area contributed by atoms with E-state index in [4.69, 9.17) is 22.1 Å². The Labute approximate surface area is 120 Å². The van der Waals surface area contributed by atoms with Gasteiger partial charge >= 0.3 is 0 Å². The van der Waals surface area contributed by atoms with Crippen LogP contribution in [0.25, 0.3) is 0 Å². The van der Waals surface area contributed by atoms with Crippen molar-refractivity contribution >= 4 is 28.9 Å². The van der Waals surface area contributed by atoms with E-state index in [2.05, 4.69) is 5.32 Å². The van der Waals surface area contributed by atoms with Gasteiger partial charge in [0, 0.05) is 0 Å².